The zero-order valence-electron chi connectivity index (χ0n) is 16.1. The molecule has 0 aromatic carbocycles. The summed E-state index contributed by atoms with van der Waals surface area (Å²) in [7, 11) is 0. The van der Waals surface area contributed by atoms with Gasteiger partial charge in [0.15, 0.2) is 0 Å². The molecule has 0 bridgehead atoms. The van der Waals surface area contributed by atoms with E-state index in [0.29, 0.717) is 12.8 Å². The first kappa shape index (κ1) is 23.2. The number of rotatable bonds is 17. The number of allylic oxidation sites excluding steroid dienone is 2. The molecule has 3 nitrogen and oxygen atoms in total. The van der Waals surface area contributed by atoms with Gasteiger partial charge in [-0.25, -0.2) is 0 Å². The zero-order chi connectivity index (χ0) is 17.9. The van der Waals surface area contributed by atoms with Gasteiger partial charge in [-0.05, 0) is 38.5 Å². The summed E-state index contributed by atoms with van der Waals surface area (Å²) >= 11 is 0. The maximum absolute atomic E-state index is 11.4. The van der Waals surface area contributed by atoms with E-state index < -0.39 is 6.10 Å². The molecule has 0 amide bonds. The van der Waals surface area contributed by atoms with Crippen LogP contribution in [0.2, 0.25) is 0 Å². The molecule has 0 aliphatic heterocycles. The summed E-state index contributed by atoms with van der Waals surface area (Å²) < 4.78 is 5.01. The lowest BCUT2D eigenvalue weighted by atomic mass is 10.1. The summed E-state index contributed by atoms with van der Waals surface area (Å²) in [6, 6.07) is 0. The predicted molar refractivity (Wildman–Crippen MR) is 102 cm³/mol. The highest BCUT2D eigenvalue weighted by Gasteiger charge is 2.06. The van der Waals surface area contributed by atoms with E-state index in [2.05, 4.69) is 19.1 Å². The van der Waals surface area contributed by atoms with Gasteiger partial charge < -0.3 is 9.84 Å². The van der Waals surface area contributed by atoms with Gasteiger partial charge in [0.1, 0.15) is 6.61 Å². The van der Waals surface area contributed by atoms with Crippen LogP contribution in [0.5, 0.6) is 0 Å². The fourth-order valence-electron chi connectivity index (χ4n) is 2.54. The van der Waals surface area contributed by atoms with Crippen molar-refractivity contribution < 1.29 is 14.6 Å². The Morgan fingerprint density at radius 3 is 2.00 bits per heavy atom. The number of aliphatic hydroxyl groups excluding tert-OH is 1. The van der Waals surface area contributed by atoms with Crippen LogP contribution in [0, 0.1) is 0 Å². The Morgan fingerprint density at radius 2 is 1.42 bits per heavy atom. The van der Waals surface area contributed by atoms with Gasteiger partial charge in [-0.1, -0.05) is 70.9 Å². The van der Waals surface area contributed by atoms with Gasteiger partial charge in [-0.3, -0.25) is 4.79 Å². The smallest absolute Gasteiger partial charge is 0.305 e. The molecule has 0 aromatic heterocycles. The summed E-state index contributed by atoms with van der Waals surface area (Å²) in [5, 5.41) is 9.32. The van der Waals surface area contributed by atoms with Crippen molar-refractivity contribution in [2.45, 2.75) is 110 Å². The number of carbonyl (C=O) groups is 1. The van der Waals surface area contributed by atoms with E-state index in [4.69, 9.17) is 4.74 Å². The second-order valence-electron chi connectivity index (χ2n) is 6.73. The van der Waals surface area contributed by atoms with Crippen LogP contribution >= 0.6 is 0 Å². The Hall–Kier alpha value is -0.830. The van der Waals surface area contributed by atoms with Crippen LogP contribution in [-0.4, -0.2) is 23.8 Å². The van der Waals surface area contributed by atoms with E-state index >= 15 is 0 Å². The van der Waals surface area contributed by atoms with Crippen LogP contribution < -0.4 is 0 Å². The van der Waals surface area contributed by atoms with Crippen molar-refractivity contribution in [3.05, 3.63) is 12.2 Å². The fraction of sp³-hybridized carbons (Fsp3) is 0.857. The summed E-state index contributed by atoms with van der Waals surface area (Å²) in [4.78, 5) is 11.4. The van der Waals surface area contributed by atoms with E-state index in [1.165, 1.54) is 57.8 Å². The van der Waals surface area contributed by atoms with E-state index in [1.54, 1.807) is 0 Å². The third-order valence-corrected chi connectivity index (χ3v) is 4.30. The van der Waals surface area contributed by atoms with Crippen LogP contribution in [0.15, 0.2) is 12.2 Å². The number of esters is 1. The lowest BCUT2D eigenvalue weighted by Crippen LogP contribution is -2.17. The molecule has 0 fully saturated rings. The molecule has 0 aromatic rings. The predicted octanol–water partition coefficient (Wildman–Crippen LogP) is 5.95. The lowest BCUT2D eigenvalue weighted by Gasteiger charge is -2.08. The molecule has 0 saturated carbocycles. The number of ether oxygens (including phenoxy) is 1. The molecular weight excluding hydrogens is 300 g/mol. The molecule has 142 valence electrons. The summed E-state index contributed by atoms with van der Waals surface area (Å²) in [5.74, 6) is -0.179. The van der Waals surface area contributed by atoms with Crippen molar-refractivity contribution in [3.8, 4) is 0 Å². The van der Waals surface area contributed by atoms with Gasteiger partial charge in [0.05, 0.1) is 6.10 Å². The van der Waals surface area contributed by atoms with Crippen LogP contribution in [0.4, 0.5) is 0 Å². The maximum Gasteiger partial charge on any atom is 0.305 e. The van der Waals surface area contributed by atoms with Crippen LogP contribution in [0.1, 0.15) is 104 Å². The van der Waals surface area contributed by atoms with Gasteiger partial charge in [0.2, 0.25) is 0 Å². The molecule has 0 aliphatic carbocycles. The van der Waals surface area contributed by atoms with Crippen molar-refractivity contribution >= 4 is 5.97 Å². The quantitative estimate of drug-likeness (QED) is 0.202. The number of aliphatic hydroxyl groups is 1. The number of hydrogen-bond acceptors (Lipinski definition) is 3. The SMILES string of the molecule is CCCCCCCC/C=C\CCCCCCC(=O)OCC(O)CC. The second kappa shape index (κ2) is 18.5. The average Bonchev–Trinajstić information content (AvgIpc) is 2.59. The molecule has 24 heavy (non-hydrogen) atoms. The van der Waals surface area contributed by atoms with Crippen molar-refractivity contribution in [2.75, 3.05) is 6.61 Å². The van der Waals surface area contributed by atoms with Gasteiger partial charge >= 0.3 is 5.97 Å². The third kappa shape index (κ3) is 17.5. The van der Waals surface area contributed by atoms with Gasteiger partial charge in [-0.2, -0.15) is 0 Å². The number of hydrogen-bond donors (Lipinski definition) is 1. The molecular formula is C21H40O3. The first-order valence-electron chi connectivity index (χ1n) is 10.2. The summed E-state index contributed by atoms with van der Waals surface area (Å²) in [6.45, 7) is 4.27. The highest BCUT2D eigenvalue weighted by Crippen LogP contribution is 2.09. The van der Waals surface area contributed by atoms with E-state index in [-0.39, 0.29) is 12.6 Å². The minimum absolute atomic E-state index is 0.138. The fourth-order valence-corrected chi connectivity index (χ4v) is 2.54. The standard InChI is InChI=1S/C21H40O3/c1-3-5-6-7-8-9-10-11-12-13-14-15-16-17-18-21(23)24-19-20(22)4-2/h11-12,20,22H,3-10,13-19H2,1-2H3/b12-11-. The molecule has 0 radical (unpaired) electrons. The van der Waals surface area contributed by atoms with Gasteiger partial charge in [0.25, 0.3) is 0 Å². The molecule has 3 heteroatoms. The summed E-state index contributed by atoms with van der Waals surface area (Å²) in [6.07, 6.45) is 20.1. The van der Waals surface area contributed by atoms with Crippen LogP contribution in [0.3, 0.4) is 0 Å². The van der Waals surface area contributed by atoms with Crippen molar-refractivity contribution in [1.29, 1.82) is 0 Å². The second-order valence-corrected chi connectivity index (χ2v) is 6.73. The lowest BCUT2D eigenvalue weighted by molar-refractivity contribution is -0.146. The molecule has 0 spiro atoms. The van der Waals surface area contributed by atoms with Crippen molar-refractivity contribution in [1.82, 2.24) is 0 Å². The highest BCUT2D eigenvalue weighted by molar-refractivity contribution is 5.69. The Labute approximate surface area is 149 Å². The molecule has 0 rings (SSSR count). The van der Waals surface area contributed by atoms with E-state index in [1.807, 2.05) is 6.92 Å². The maximum atomic E-state index is 11.4. The molecule has 0 aliphatic rings. The first-order chi connectivity index (χ1) is 11.7. The third-order valence-electron chi connectivity index (χ3n) is 4.30. The zero-order valence-corrected chi connectivity index (χ0v) is 16.1. The monoisotopic (exact) mass is 340 g/mol. The van der Waals surface area contributed by atoms with Gasteiger partial charge in [-0.15, -0.1) is 0 Å². The van der Waals surface area contributed by atoms with E-state index in [9.17, 15) is 9.90 Å². The van der Waals surface area contributed by atoms with Crippen LogP contribution in [0.25, 0.3) is 0 Å². The van der Waals surface area contributed by atoms with Crippen LogP contribution in [-0.2, 0) is 9.53 Å². The summed E-state index contributed by atoms with van der Waals surface area (Å²) in [5.41, 5.74) is 0. The molecule has 0 saturated heterocycles. The Bertz CT molecular complexity index is 299. The Morgan fingerprint density at radius 1 is 0.875 bits per heavy atom. The van der Waals surface area contributed by atoms with Crippen molar-refractivity contribution in [3.63, 3.8) is 0 Å². The normalized spacial score (nSPS) is 12.6. The minimum Gasteiger partial charge on any atom is -0.463 e. The van der Waals surface area contributed by atoms with Crippen molar-refractivity contribution in [2.24, 2.45) is 0 Å². The Balaban J connectivity index is 3.24. The molecule has 0 heterocycles. The average molecular weight is 341 g/mol. The van der Waals surface area contributed by atoms with E-state index in [0.717, 1.165) is 19.3 Å². The molecule has 1 N–H and O–H groups in total. The molecule has 1 unspecified atom stereocenters. The topological polar surface area (TPSA) is 46.5 Å². The van der Waals surface area contributed by atoms with Gasteiger partial charge in [0, 0.05) is 6.42 Å². The number of unbranched alkanes of at least 4 members (excludes halogenated alkanes) is 10. The Kier molecular flexibility index (Phi) is 17.9. The number of carbonyl (C=O) groups excluding carboxylic acids is 1. The minimum atomic E-state index is -0.517. The first-order valence-corrected chi connectivity index (χ1v) is 10.2. The largest absolute Gasteiger partial charge is 0.463 e. The molecule has 1 atom stereocenters. The highest BCUT2D eigenvalue weighted by atomic mass is 16.5.